The molecule has 0 unspecified atom stereocenters. The average molecular weight is 397 g/mol. The molecule has 2 atom stereocenters. The van der Waals surface area contributed by atoms with Gasteiger partial charge >= 0.3 is 0 Å². The number of benzene rings is 2. The molecule has 0 amide bonds. The summed E-state index contributed by atoms with van der Waals surface area (Å²) in [7, 11) is 3.37. The van der Waals surface area contributed by atoms with Crippen molar-refractivity contribution in [2.24, 2.45) is 0 Å². The summed E-state index contributed by atoms with van der Waals surface area (Å²) in [6.45, 7) is 4.60. The highest BCUT2D eigenvalue weighted by Gasteiger charge is 2.46. The largest absolute Gasteiger partial charge is 0.493 e. The fourth-order valence-corrected chi connectivity index (χ4v) is 4.98. The van der Waals surface area contributed by atoms with Gasteiger partial charge in [-0.25, -0.2) is 0 Å². The summed E-state index contributed by atoms with van der Waals surface area (Å²) in [5.41, 5.74) is 1.35. The summed E-state index contributed by atoms with van der Waals surface area (Å²) in [4.78, 5) is 4.93. The van der Waals surface area contributed by atoms with Crippen LogP contribution in [0.15, 0.2) is 48.5 Å². The molecule has 2 aromatic carbocycles. The molecule has 2 aliphatic heterocycles. The van der Waals surface area contributed by atoms with Crippen molar-refractivity contribution in [3.8, 4) is 11.5 Å². The van der Waals surface area contributed by atoms with E-state index >= 15 is 0 Å². The average Bonchev–Trinajstić information content (AvgIpc) is 3.30. The predicted molar refractivity (Wildman–Crippen MR) is 114 cm³/mol. The van der Waals surface area contributed by atoms with Crippen LogP contribution in [-0.2, 0) is 12.1 Å². The molecular formula is C24H32N2O3. The Balaban J connectivity index is 1.58. The van der Waals surface area contributed by atoms with E-state index in [0.29, 0.717) is 0 Å². The van der Waals surface area contributed by atoms with Gasteiger partial charge in [0.1, 0.15) is 5.60 Å². The van der Waals surface area contributed by atoms with Gasteiger partial charge in [-0.05, 0) is 44.0 Å². The molecule has 2 heterocycles. The molecule has 2 aromatic rings. The molecule has 5 heteroatoms. The standard InChI is InChI=1S/C24H32N2O3/c1-28-21-12-8-9-19(23(21)29-2)17-25-16-13-24(27,20-10-4-3-5-11-20)22(18-25)26-14-6-7-15-26/h3-5,8-12,22,27H,6-7,13-18H2,1-2H3/t22-,24+/m1/s1. The second-order valence-corrected chi connectivity index (χ2v) is 8.19. The Kier molecular flexibility index (Phi) is 6.09. The van der Waals surface area contributed by atoms with Crippen LogP contribution in [0.25, 0.3) is 0 Å². The normalized spacial score (nSPS) is 25.8. The van der Waals surface area contributed by atoms with Gasteiger partial charge in [0, 0.05) is 25.2 Å². The van der Waals surface area contributed by atoms with Gasteiger partial charge in [-0.2, -0.15) is 0 Å². The fourth-order valence-electron chi connectivity index (χ4n) is 4.98. The lowest BCUT2D eigenvalue weighted by molar-refractivity contribution is -0.0959. The first-order valence-corrected chi connectivity index (χ1v) is 10.6. The zero-order valence-electron chi connectivity index (χ0n) is 17.5. The van der Waals surface area contributed by atoms with Crippen LogP contribution in [0.5, 0.6) is 11.5 Å². The number of rotatable bonds is 6. The maximum atomic E-state index is 11.8. The zero-order chi connectivity index (χ0) is 20.3. The molecule has 4 rings (SSSR count). The van der Waals surface area contributed by atoms with Gasteiger partial charge in [0.2, 0.25) is 0 Å². The number of hydrogen-bond donors (Lipinski definition) is 1. The number of hydrogen-bond acceptors (Lipinski definition) is 5. The Labute approximate surface area is 173 Å². The maximum absolute atomic E-state index is 11.8. The lowest BCUT2D eigenvalue weighted by Gasteiger charge is -2.48. The molecule has 29 heavy (non-hydrogen) atoms. The summed E-state index contributed by atoms with van der Waals surface area (Å²) < 4.78 is 11.1. The topological polar surface area (TPSA) is 45.2 Å². The Morgan fingerprint density at radius 1 is 0.966 bits per heavy atom. The Morgan fingerprint density at radius 3 is 2.41 bits per heavy atom. The van der Waals surface area contributed by atoms with E-state index in [1.807, 2.05) is 30.3 Å². The van der Waals surface area contributed by atoms with Crippen LogP contribution in [0.3, 0.4) is 0 Å². The monoisotopic (exact) mass is 396 g/mol. The van der Waals surface area contributed by atoms with Gasteiger partial charge in [0.05, 0.1) is 20.3 Å². The second kappa shape index (κ2) is 8.74. The van der Waals surface area contributed by atoms with Crippen LogP contribution in [0.1, 0.15) is 30.4 Å². The second-order valence-electron chi connectivity index (χ2n) is 8.19. The Morgan fingerprint density at radius 2 is 1.72 bits per heavy atom. The third-order valence-electron chi connectivity index (χ3n) is 6.53. The van der Waals surface area contributed by atoms with E-state index in [4.69, 9.17) is 9.47 Å². The quantitative estimate of drug-likeness (QED) is 0.812. The van der Waals surface area contributed by atoms with Gasteiger partial charge in [0.15, 0.2) is 11.5 Å². The fraction of sp³-hybridized carbons (Fsp3) is 0.500. The number of likely N-dealkylation sites (tertiary alicyclic amines) is 2. The van der Waals surface area contributed by atoms with Crippen molar-refractivity contribution in [1.29, 1.82) is 0 Å². The number of ether oxygens (including phenoxy) is 2. The van der Waals surface area contributed by atoms with Crippen LogP contribution in [-0.4, -0.2) is 61.3 Å². The summed E-state index contributed by atoms with van der Waals surface area (Å²) in [5, 5.41) is 11.8. The first-order chi connectivity index (χ1) is 14.2. The van der Waals surface area contributed by atoms with Gasteiger partial charge < -0.3 is 14.6 Å². The van der Waals surface area contributed by atoms with Crippen molar-refractivity contribution >= 4 is 0 Å². The van der Waals surface area contributed by atoms with Crippen LogP contribution in [0, 0.1) is 0 Å². The number of aliphatic hydroxyl groups is 1. The highest BCUT2D eigenvalue weighted by atomic mass is 16.5. The van der Waals surface area contributed by atoms with Gasteiger partial charge in [-0.15, -0.1) is 0 Å². The Bertz CT molecular complexity index is 807. The number of piperidine rings is 1. The minimum absolute atomic E-state index is 0.0951. The van der Waals surface area contributed by atoms with E-state index in [2.05, 4.69) is 28.0 Å². The molecule has 0 bridgehead atoms. The molecule has 156 valence electrons. The number of para-hydroxylation sites is 1. The van der Waals surface area contributed by atoms with E-state index in [9.17, 15) is 5.11 Å². The van der Waals surface area contributed by atoms with Gasteiger partial charge in [-0.1, -0.05) is 42.5 Å². The summed E-state index contributed by atoms with van der Waals surface area (Å²) in [6, 6.07) is 16.4. The lowest BCUT2D eigenvalue weighted by Crippen LogP contribution is -2.60. The van der Waals surface area contributed by atoms with Crippen molar-refractivity contribution < 1.29 is 14.6 Å². The molecule has 2 saturated heterocycles. The molecule has 0 radical (unpaired) electrons. The van der Waals surface area contributed by atoms with E-state index in [0.717, 1.165) is 61.8 Å². The summed E-state index contributed by atoms with van der Waals surface area (Å²) >= 11 is 0. The molecule has 2 aliphatic rings. The van der Waals surface area contributed by atoms with E-state index in [-0.39, 0.29) is 6.04 Å². The van der Waals surface area contributed by atoms with Gasteiger partial charge in [-0.3, -0.25) is 9.80 Å². The van der Waals surface area contributed by atoms with Crippen LogP contribution < -0.4 is 9.47 Å². The smallest absolute Gasteiger partial charge is 0.165 e. The van der Waals surface area contributed by atoms with E-state index in [1.54, 1.807) is 14.2 Å². The highest BCUT2D eigenvalue weighted by Crippen LogP contribution is 2.39. The zero-order valence-corrected chi connectivity index (χ0v) is 17.5. The lowest BCUT2D eigenvalue weighted by atomic mass is 9.79. The van der Waals surface area contributed by atoms with E-state index < -0.39 is 5.60 Å². The first-order valence-electron chi connectivity index (χ1n) is 10.6. The molecular weight excluding hydrogens is 364 g/mol. The van der Waals surface area contributed by atoms with Crippen molar-refractivity contribution in [2.45, 2.75) is 37.5 Å². The number of methoxy groups -OCH3 is 2. The Hall–Kier alpha value is -2.08. The predicted octanol–water partition coefficient (Wildman–Crippen LogP) is 3.26. The van der Waals surface area contributed by atoms with Crippen molar-refractivity contribution in [3.63, 3.8) is 0 Å². The SMILES string of the molecule is COc1cccc(CN2CC[C@](O)(c3ccccc3)[C@H](N3CCCC3)C2)c1OC. The molecule has 0 saturated carbocycles. The maximum Gasteiger partial charge on any atom is 0.165 e. The summed E-state index contributed by atoms with van der Waals surface area (Å²) in [5.74, 6) is 1.57. The first kappa shape index (κ1) is 20.2. The molecule has 5 nitrogen and oxygen atoms in total. The van der Waals surface area contributed by atoms with Crippen molar-refractivity contribution in [1.82, 2.24) is 9.80 Å². The van der Waals surface area contributed by atoms with Gasteiger partial charge in [0.25, 0.3) is 0 Å². The van der Waals surface area contributed by atoms with Crippen LogP contribution in [0.4, 0.5) is 0 Å². The van der Waals surface area contributed by atoms with Crippen LogP contribution >= 0.6 is 0 Å². The minimum atomic E-state index is -0.805. The minimum Gasteiger partial charge on any atom is -0.493 e. The molecule has 0 aliphatic carbocycles. The van der Waals surface area contributed by atoms with E-state index in [1.165, 1.54) is 12.8 Å². The van der Waals surface area contributed by atoms with Crippen molar-refractivity contribution in [2.75, 3.05) is 40.4 Å². The molecule has 1 N–H and O–H groups in total. The number of nitrogens with zero attached hydrogens (tertiary/aromatic N) is 2. The summed E-state index contributed by atoms with van der Waals surface area (Å²) in [6.07, 6.45) is 3.15. The third kappa shape index (κ3) is 4.00. The molecule has 0 spiro atoms. The highest BCUT2D eigenvalue weighted by molar-refractivity contribution is 5.46. The van der Waals surface area contributed by atoms with Crippen LogP contribution in [0.2, 0.25) is 0 Å². The third-order valence-corrected chi connectivity index (χ3v) is 6.53. The molecule has 2 fully saturated rings. The molecule has 0 aromatic heterocycles. The van der Waals surface area contributed by atoms with Crippen molar-refractivity contribution in [3.05, 3.63) is 59.7 Å².